The molecule has 18 heavy (non-hydrogen) atoms. The zero-order valence-electron chi connectivity index (χ0n) is 8.72. The van der Waals surface area contributed by atoms with Gasteiger partial charge in [0, 0.05) is 0 Å². The number of hydrogen-bond donors (Lipinski definition) is 0. The van der Waals surface area contributed by atoms with Crippen LogP contribution in [0.1, 0.15) is 10.5 Å². The molecule has 1 aromatic heterocycles. The highest BCUT2D eigenvalue weighted by molar-refractivity contribution is 5.80. The lowest BCUT2D eigenvalue weighted by Gasteiger charge is -2.12. The van der Waals surface area contributed by atoms with E-state index in [0.29, 0.717) is 6.20 Å². The summed E-state index contributed by atoms with van der Waals surface area (Å²) in [5.74, 6) is -1.97. The van der Waals surface area contributed by atoms with Crippen LogP contribution in [-0.2, 0) is 0 Å². The van der Waals surface area contributed by atoms with E-state index in [2.05, 4.69) is 14.5 Å². The van der Waals surface area contributed by atoms with Crippen LogP contribution in [0.4, 0.5) is 18.9 Å². The van der Waals surface area contributed by atoms with E-state index in [9.17, 15) is 28.1 Å². The van der Waals surface area contributed by atoms with Gasteiger partial charge in [-0.2, -0.15) is 0 Å². The summed E-state index contributed by atoms with van der Waals surface area (Å²) >= 11 is 0. The van der Waals surface area contributed by atoms with Crippen LogP contribution in [0.3, 0.4) is 0 Å². The van der Waals surface area contributed by atoms with E-state index in [1.807, 2.05) is 0 Å². The van der Waals surface area contributed by atoms with Gasteiger partial charge in [-0.1, -0.05) is 0 Å². The Morgan fingerprint density at radius 3 is 2.44 bits per heavy atom. The molecular weight excluding hydrogens is 261 g/mol. The molecule has 0 amide bonds. The average molecular weight is 266 g/mol. The fourth-order valence-corrected chi connectivity index (χ4v) is 1.11. The number of alkyl halides is 3. The van der Waals surface area contributed by atoms with Crippen molar-refractivity contribution >= 4 is 12.0 Å². The SMILES string of the molecule is COc1c(C=O)ncc([N+](=O)[O-])c1OC(F)(F)F. The van der Waals surface area contributed by atoms with Gasteiger partial charge in [-0.15, -0.1) is 13.2 Å². The van der Waals surface area contributed by atoms with Crippen molar-refractivity contribution in [2.75, 3.05) is 7.11 Å². The zero-order valence-corrected chi connectivity index (χ0v) is 8.72. The summed E-state index contributed by atoms with van der Waals surface area (Å²) in [4.78, 5) is 23.2. The normalized spacial score (nSPS) is 10.9. The van der Waals surface area contributed by atoms with Crippen LogP contribution in [-0.4, -0.2) is 29.7 Å². The van der Waals surface area contributed by atoms with Crippen LogP contribution in [0.5, 0.6) is 11.5 Å². The number of hydrogen-bond acceptors (Lipinski definition) is 6. The lowest BCUT2D eigenvalue weighted by atomic mass is 10.3. The molecule has 1 aromatic rings. The third-order valence-electron chi connectivity index (χ3n) is 1.73. The molecule has 0 saturated heterocycles. The van der Waals surface area contributed by atoms with E-state index >= 15 is 0 Å². The lowest BCUT2D eigenvalue weighted by molar-refractivity contribution is -0.389. The minimum atomic E-state index is -5.17. The fourth-order valence-electron chi connectivity index (χ4n) is 1.11. The number of aromatic nitrogens is 1. The predicted molar refractivity (Wildman–Crippen MR) is 49.5 cm³/mol. The van der Waals surface area contributed by atoms with Crippen molar-refractivity contribution in [3.8, 4) is 11.5 Å². The van der Waals surface area contributed by atoms with Crippen LogP contribution in [0.15, 0.2) is 6.20 Å². The summed E-state index contributed by atoms with van der Waals surface area (Å²) in [5, 5.41) is 10.5. The van der Waals surface area contributed by atoms with E-state index in [0.717, 1.165) is 7.11 Å². The second-order valence-corrected chi connectivity index (χ2v) is 2.81. The summed E-state index contributed by atoms with van der Waals surface area (Å²) in [6.07, 6.45) is -4.60. The van der Waals surface area contributed by atoms with Crippen molar-refractivity contribution in [1.82, 2.24) is 4.98 Å². The Morgan fingerprint density at radius 2 is 2.06 bits per heavy atom. The number of methoxy groups -OCH3 is 1. The second kappa shape index (κ2) is 4.85. The van der Waals surface area contributed by atoms with Gasteiger partial charge >= 0.3 is 12.0 Å². The monoisotopic (exact) mass is 266 g/mol. The van der Waals surface area contributed by atoms with Gasteiger partial charge in [-0.05, 0) is 0 Å². The quantitative estimate of drug-likeness (QED) is 0.468. The van der Waals surface area contributed by atoms with Crippen molar-refractivity contribution in [3.05, 3.63) is 22.0 Å². The first-order valence-corrected chi connectivity index (χ1v) is 4.22. The summed E-state index contributed by atoms with van der Waals surface area (Å²) in [6, 6.07) is 0. The average Bonchev–Trinajstić information content (AvgIpc) is 2.25. The largest absolute Gasteiger partial charge is 0.573 e. The molecule has 0 aromatic carbocycles. The first-order chi connectivity index (χ1) is 8.30. The highest BCUT2D eigenvalue weighted by Gasteiger charge is 2.37. The van der Waals surface area contributed by atoms with Gasteiger partial charge in [0.25, 0.3) is 5.75 Å². The van der Waals surface area contributed by atoms with E-state index < -0.39 is 34.2 Å². The molecular formula is C8H5F3N2O5. The molecule has 1 heterocycles. The number of nitrogens with zero attached hydrogens (tertiary/aromatic N) is 2. The molecule has 0 saturated carbocycles. The molecule has 98 valence electrons. The van der Waals surface area contributed by atoms with Gasteiger partial charge in [-0.3, -0.25) is 14.9 Å². The molecule has 0 unspecified atom stereocenters. The molecule has 0 N–H and O–H groups in total. The third-order valence-corrected chi connectivity index (χ3v) is 1.73. The summed E-state index contributed by atoms with van der Waals surface area (Å²) in [5.41, 5.74) is -1.60. The molecule has 0 aliphatic rings. The van der Waals surface area contributed by atoms with Crippen LogP contribution >= 0.6 is 0 Å². The Labute approximate surface area is 97.3 Å². The number of carbonyl (C=O) groups excluding carboxylic acids is 1. The van der Waals surface area contributed by atoms with Crippen LogP contribution < -0.4 is 9.47 Å². The minimum absolute atomic E-state index is 0.0891. The van der Waals surface area contributed by atoms with Gasteiger partial charge in [0.15, 0.2) is 12.0 Å². The van der Waals surface area contributed by atoms with E-state index in [-0.39, 0.29) is 6.29 Å². The molecule has 0 radical (unpaired) electrons. The molecule has 0 atom stereocenters. The maximum atomic E-state index is 12.1. The standard InChI is InChI=1S/C8H5F3N2O5/c1-17-6-4(3-14)12-2-5(13(15)16)7(6)18-8(9,10)11/h2-3H,1H3. The lowest BCUT2D eigenvalue weighted by Crippen LogP contribution is -2.19. The maximum Gasteiger partial charge on any atom is 0.573 e. The Kier molecular flexibility index (Phi) is 3.69. The first-order valence-electron chi connectivity index (χ1n) is 4.22. The number of pyridine rings is 1. The second-order valence-electron chi connectivity index (χ2n) is 2.81. The van der Waals surface area contributed by atoms with Gasteiger partial charge in [0.05, 0.1) is 12.0 Å². The van der Waals surface area contributed by atoms with Crippen molar-refractivity contribution in [1.29, 1.82) is 0 Å². The number of ether oxygens (including phenoxy) is 2. The molecule has 0 bridgehead atoms. The number of aldehydes is 1. The molecule has 7 nitrogen and oxygen atoms in total. The van der Waals surface area contributed by atoms with Gasteiger partial charge in [0.2, 0.25) is 0 Å². The smallest absolute Gasteiger partial charge is 0.491 e. The summed E-state index contributed by atoms with van der Waals surface area (Å²) in [6.45, 7) is 0. The topological polar surface area (TPSA) is 91.6 Å². The molecule has 10 heteroatoms. The van der Waals surface area contributed by atoms with Crippen molar-refractivity contribution in [3.63, 3.8) is 0 Å². The molecule has 0 fully saturated rings. The molecule has 0 spiro atoms. The summed E-state index contributed by atoms with van der Waals surface area (Å²) < 4.78 is 44.4. The van der Waals surface area contributed by atoms with Gasteiger partial charge < -0.3 is 9.47 Å². The third kappa shape index (κ3) is 2.84. The number of carbonyl (C=O) groups is 1. The van der Waals surface area contributed by atoms with Crippen LogP contribution in [0.25, 0.3) is 0 Å². The Morgan fingerprint density at radius 1 is 1.44 bits per heavy atom. The number of halogens is 3. The fraction of sp³-hybridized carbons (Fsp3) is 0.250. The highest BCUT2D eigenvalue weighted by atomic mass is 19.4. The van der Waals surface area contributed by atoms with Crippen molar-refractivity contribution in [2.24, 2.45) is 0 Å². The van der Waals surface area contributed by atoms with Gasteiger partial charge in [-0.25, -0.2) is 4.98 Å². The predicted octanol–water partition coefficient (Wildman–Crippen LogP) is 1.71. The Bertz CT molecular complexity index is 488. The summed E-state index contributed by atoms with van der Waals surface area (Å²) in [7, 11) is 0.928. The molecule has 0 aliphatic heterocycles. The minimum Gasteiger partial charge on any atom is -0.491 e. The van der Waals surface area contributed by atoms with Crippen LogP contribution in [0, 0.1) is 10.1 Å². The number of nitro groups is 1. The van der Waals surface area contributed by atoms with E-state index in [1.165, 1.54) is 0 Å². The van der Waals surface area contributed by atoms with Crippen LogP contribution in [0.2, 0.25) is 0 Å². The Hall–Kier alpha value is -2.39. The number of rotatable bonds is 4. The maximum absolute atomic E-state index is 12.1. The van der Waals surface area contributed by atoms with Gasteiger partial charge in [0.1, 0.15) is 11.9 Å². The highest BCUT2D eigenvalue weighted by Crippen LogP contribution is 2.40. The van der Waals surface area contributed by atoms with Crippen molar-refractivity contribution in [2.45, 2.75) is 6.36 Å². The van der Waals surface area contributed by atoms with E-state index in [1.54, 1.807) is 0 Å². The molecule has 1 rings (SSSR count). The zero-order chi connectivity index (χ0) is 13.9. The molecule has 0 aliphatic carbocycles. The van der Waals surface area contributed by atoms with Crippen molar-refractivity contribution < 1.29 is 32.4 Å². The van der Waals surface area contributed by atoms with E-state index in [4.69, 9.17) is 0 Å². The first kappa shape index (κ1) is 13.7. The Balaban J connectivity index is 3.48.